The number of rotatable bonds is 3. The average molecular weight is 262 g/mol. The molecule has 19 heavy (non-hydrogen) atoms. The fourth-order valence-corrected chi connectivity index (χ4v) is 2.68. The Balaban J connectivity index is 2.10. The van der Waals surface area contributed by atoms with Gasteiger partial charge in [0.25, 0.3) is 0 Å². The van der Waals surface area contributed by atoms with Crippen LogP contribution in [0.15, 0.2) is 24.4 Å². The lowest BCUT2D eigenvalue weighted by atomic mass is 9.85. The molecule has 0 aromatic carbocycles. The van der Waals surface area contributed by atoms with Gasteiger partial charge in [0.2, 0.25) is 5.91 Å². The van der Waals surface area contributed by atoms with Crippen molar-refractivity contribution in [2.24, 2.45) is 5.92 Å². The Morgan fingerprint density at radius 2 is 1.95 bits per heavy atom. The molecule has 5 nitrogen and oxygen atoms in total. The van der Waals surface area contributed by atoms with E-state index >= 15 is 0 Å². The lowest BCUT2D eigenvalue weighted by Crippen LogP contribution is -2.42. The first-order valence-corrected chi connectivity index (χ1v) is 6.53. The van der Waals surface area contributed by atoms with Gasteiger partial charge in [0, 0.05) is 19.2 Å². The highest BCUT2D eigenvalue weighted by Gasteiger charge is 2.31. The van der Waals surface area contributed by atoms with Crippen LogP contribution in [0.2, 0.25) is 0 Å². The first kappa shape index (κ1) is 13.5. The number of hydrogen-bond donors (Lipinski definition) is 1. The predicted octanol–water partition coefficient (Wildman–Crippen LogP) is 2.08. The maximum atomic E-state index is 11.8. The van der Waals surface area contributed by atoms with Crippen molar-refractivity contribution in [3.05, 3.63) is 24.4 Å². The van der Waals surface area contributed by atoms with E-state index in [9.17, 15) is 9.59 Å². The maximum absolute atomic E-state index is 11.8. The van der Waals surface area contributed by atoms with E-state index in [4.69, 9.17) is 5.11 Å². The number of aromatic nitrogens is 1. The molecule has 0 unspecified atom stereocenters. The third-order valence-corrected chi connectivity index (χ3v) is 3.65. The number of carbonyl (C=O) groups excluding carboxylic acids is 1. The van der Waals surface area contributed by atoms with E-state index in [2.05, 4.69) is 4.98 Å². The van der Waals surface area contributed by atoms with E-state index in [1.807, 2.05) is 18.2 Å². The van der Waals surface area contributed by atoms with Gasteiger partial charge in [-0.3, -0.25) is 14.5 Å². The zero-order valence-corrected chi connectivity index (χ0v) is 11.0. The molecule has 102 valence electrons. The number of nitrogens with zero attached hydrogens (tertiary/aromatic N) is 2. The molecule has 0 atom stereocenters. The van der Waals surface area contributed by atoms with Crippen LogP contribution in [-0.2, 0) is 9.59 Å². The summed E-state index contributed by atoms with van der Waals surface area (Å²) in [5.74, 6) is -0.397. The number of carbonyl (C=O) groups is 2. The number of carboxylic acids is 1. The van der Waals surface area contributed by atoms with Gasteiger partial charge in [0.1, 0.15) is 5.82 Å². The van der Waals surface area contributed by atoms with Crippen molar-refractivity contribution in [2.45, 2.75) is 38.6 Å². The molecule has 1 saturated carbocycles. The highest BCUT2D eigenvalue weighted by Crippen LogP contribution is 2.30. The predicted molar refractivity (Wildman–Crippen MR) is 70.8 cm³/mol. The van der Waals surface area contributed by atoms with E-state index in [0.29, 0.717) is 31.5 Å². The molecule has 0 spiro atoms. The summed E-state index contributed by atoms with van der Waals surface area (Å²) in [6.07, 6.45) is 4.33. The molecular formula is C14H18N2O3. The van der Waals surface area contributed by atoms with E-state index in [-0.39, 0.29) is 17.9 Å². The van der Waals surface area contributed by atoms with Crippen molar-refractivity contribution in [3.63, 3.8) is 0 Å². The van der Waals surface area contributed by atoms with Crippen LogP contribution in [0.25, 0.3) is 0 Å². The van der Waals surface area contributed by atoms with Crippen LogP contribution in [0.4, 0.5) is 5.82 Å². The Morgan fingerprint density at radius 1 is 1.26 bits per heavy atom. The number of pyridine rings is 1. The van der Waals surface area contributed by atoms with Crippen molar-refractivity contribution >= 4 is 17.7 Å². The molecule has 0 bridgehead atoms. The summed E-state index contributed by atoms with van der Waals surface area (Å²) in [7, 11) is 0. The van der Waals surface area contributed by atoms with Crippen LogP contribution in [-0.4, -0.2) is 28.0 Å². The van der Waals surface area contributed by atoms with Gasteiger partial charge >= 0.3 is 5.97 Å². The summed E-state index contributed by atoms with van der Waals surface area (Å²) in [6.45, 7) is 1.53. The molecule has 0 radical (unpaired) electrons. The molecular weight excluding hydrogens is 244 g/mol. The fraction of sp³-hybridized carbons (Fsp3) is 0.500. The molecule has 1 heterocycles. The zero-order valence-electron chi connectivity index (χ0n) is 11.0. The normalized spacial score (nSPS) is 22.8. The molecule has 2 rings (SSSR count). The lowest BCUT2D eigenvalue weighted by Gasteiger charge is -2.34. The Morgan fingerprint density at radius 3 is 2.42 bits per heavy atom. The Labute approximate surface area is 112 Å². The standard InChI is InChI=1S/C14H18N2O3/c1-10(17)16(13-4-2-3-9-15-13)12-7-5-11(6-8-12)14(18)19/h2-4,9,11-12H,5-8H2,1H3,(H,18,19). The molecule has 1 aromatic heterocycles. The minimum atomic E-state index is -0.731. The van der Waals surface area contributed by atoms with Gasteiger partial charge in [-0.05, 0) is 37.8 Å². The summed E-state index contributed by atoms with van der Waals surface area (Å²) in [4.78, 5) is 28.7. The monoisotopic (exact) mass is 262 g/mol. The van der Waals surface area contributed by atoms with Gasteiger partial charge in [-0.25, -0.2) is 4.98 Å². The van der Waals surface area contributed by atoms with Crippen LogP contribution in [0.3, 0.4) is 0 Å². The van der Waals surface area contributed by atoms with Crippen LogP contribution in [0, 0.1) is 5.92 Å². The van der Waals surface area contributed by atoms with Crippen molar-refractivity contribution in [1.29, 1.82) is 0 Å². The number of anilines is 1. The SMILES string of the molecule is CC(=O)N(c1ccccn1)C1CCC(C(=O)O)CC1. The van der Waals surface area contributed by atoms with Crippen LogP contribution in [0.5, 0.6) is 0 Å². The minimum absolute atomic E-state index is 0.0440. The van der Waals surface area contributed by atoms with Gasteiger partial charge in [0.15, 0.2) is 0 Å². The summed E-state index contributed by atoms with van der Waals surface area (Å²) in [6, 6.07) is 5.53. The van der Waals surface area contributed by atoms with E-state index in [0.717, 1.165) is 0 Å². The fourth-order valence-electron chi connectivity index (χ4n) is 2.68. The number of amides is 1. The van der Waals surface area contributed by atoms with E-state index < -0.39 is 5.97 Å². The third kappa shape index (κ3) is 3.10. The zero-order chi connectivity index (χ0) is 13.8. The molecule has 0 saturated heterocycles. The maximum Gasteiger partial charge on any atom is 0.306 e. The molecule has 1 amide bonds. The summed E-state index contributed by atoms with van der Waals surface area (Å²) < 4.78 is 0. The Kier molecular flexibility index (Phi) is 4.14. The number of hydrogen-bond acceptors (Lipinski definition) is 3. The highest BCUT2D eigenvalue weighted by molar-refractivity contribution is 5.91. The molecule has 1 N–H and O–H groups in total. The average Bonchev–Trinajstić information content (AvgIpc) is 2.40. The summed E-state index contributed by atoms with van der Waals surface area (Å²) in [5.41, 5.74) is 0. The van der Waals surface area contributed by atoms with Crippen LogP contribution < -0.4 is 4.90 Å². The van der Waals surface area contributed by atoms with E-state index in [1.54, 1.807) is 11.1 Å². The van der Waals surface area contributed by atoms with Gasteiger partial charge in [-0.2, -0.15) is 0 Å². The van der Waals surface area contributed by atoms with E-state index in [1.165, 1.54) is 6.92 Å². The highest BCUT2D eigenvalue weighted by atomic mass is 16.4. The number of carboxylic acid groups (broad SMARTS) is 1. The smallest absolute Gasteiger partial charge is 0.306 e. The van der Waals surface area contributed by atoms with Crippen molar-refractivity contribution in [2.75, 3.05) is 4.90 Å². The molecule has 0 aliphatic heterocycles. The lowest BCUT2D eigenvalue weighted by molar-refractivity contribution is -0.142. The topological polar surface area (TPSA) is 70.5 Å². The Bertz CT molecular complexity index is 453. The van der Waals surface area contributed by atoms with Crippen molar-refractivity contribution in [3.8, 4) is 0 Å². The molecule has 1 aromatic rings. The third-order valence-electron chi connectivity index (χ3n) is 3.65. The molecule has 1 aliphatic carbocycles. The quantitative estimate of drug-likeness (QED) is 0.905. The van der Waals surface area contributed by atoms with Crippen LogP contribution in [0.1, 0.15) is 32.6 Å². The Hall–Kier alpha value is -1.91. The minimum Gasteiger partial charge on any atom is -0.481 e. The second kappa shape index (κ2) is 5.82. The second-order valence-corrected chi connectivity index (χ2v) is 4.92. The molecule has 1 fully saturated rings. The van der Waals surface area contributed by atoms with Gasteiger partial charge in [-0.1, -0.05) is 6.07 Å². The largest absolute Gasteiger partial charge is 0.481 e. The van der Waals surface area contributed by atoms with Crippen molar-refractivity contribution in [1.82, 2.24) is 4.98 Å². The molecule has 5 heteroatoms. The molecule has 1 aliphatic rings. The summed E-state index contributed by atoms with van der Waals surface area (Å²) in [5, 5.41) is 9.00. The van der Waals surface area contributed by atoms with Gasteiger partial charge in [-0.15, -0.1) is 0 Å². The van der Waals surface area contributed by atoms with Gasteiger partial charge < -0.3 is 5.11 Å². The summed E-state index contributed by atoms with van der Waals surface area (Å²) >= 11 is 0. The second-order valence-electron chi connectivity index (χ2n) is 4.92. The van der Waals surface area contributed by atoms with Crippen LogP contribution >= 0.6 is 0 Å². The number of aliphatic carboxylic acids is 1. The van der Waals surface area contributed by atoms with Crippen molar-refractivity contribution < 1.29 is 14.7 Å². The first-order valence-electron chi connectivity index (χ1n) is 6.53. The first-order chi connectivity index (χ1) is 9.09. The van der Waals surface area contributed by atoms with Gasteiger partial charge in [0.05, 0.1) is 5.92 Å².